The van der Waals surface area contributed by atoms with Crippen molar-refractivity contribution in [2.75, 3.05) is 5.75 Å². The smallest absolute Gasteiger partial charge is 0.258 e. The Balaban J connectivity index is 2.28. The second-order valence-electron chi connectivity index (χ2n) is 6.82. The number of halogens is 1. The predicted molar refractivity (Wildman–Crippen MR) is 112 cm³/mol. The molecule has 1 radical (unpaired) electrons. The summed E-state index contributed by atoms with van der Waals surface area (Å²) in [5.41, 5.74) is -0.385. The van der Waals surface area contributed by atoms with Crippen molar-refractivity contribution in [2.45, 2.75) is 45.4 Å². The van der Waals surface area contributed by atoms with Gasteiger partial charge in [-0.3, -0.25) is 20.2 Å². The summed E-state index contributed by atoms with van der Waals surface area (Å²) in [6.07, 6.45) is 5.43. The van der Waals surface area contributed by atoms with Crippen LogP contribution >= 0.6 is 0 Å². The Hall–Kier alpha value is -2.12. The Morgan fingerprint density at radius 3 is 1.81 bits per heavy atom. The third kappa shape index (κ3) is 8.15. The fourth-order valence-electron chi connectivity index (χ4n) is 2.78. The summed E-state index contributed by atoms with van der Waals surface area (Å²) in [6.45, 7) is 2.10. The van der Waals surface area contributed by atoms with Gasteiger partial charge in [0.1, 0.15) is 0 Å². The van der Waals surface area contributed by atoms with Gasteiger partial charge in [0.25, 0.3) is 11.4 Å². The van der Waals surface area contributed by atoms with E-state index in [0.29, 0.717) is 13.6 Å². The molecule has 0 unspecified atom stereocenters. The van der Waals surface area contributed by atoms with Crippen molar-refractivity contribution in [1.29, 1.82) is 0 Å². The van der Waals surface area contributed by atoms with Gasteiger partial charge in [0, 0.05) is 12.1 Å². The molecular weight excluding hydrogens is 539 g/mol. The molecule has 0 aliphatic heterocycles. The Bertz CT molecular complexity index is 957. The minimum atomic E-state index is -3.91. The molecule has 0 saturated heterocycles. The minimum absolute atomic E-state index is 0.156. The van der Waals surface area contributed by atoms with Gasteiger partial charge in [0.15, 0.2) is 7.14 Å². The molecule has 0 aliphatic rings. The summed E-state index contributed by atoms with van der Waals surface area (Å²) < 4.78 is 31.7. The molecule has 0 aromatic heterocycles. The maximum absolute atomic E-state index is 12.7. The van der Waals surface area contributed by atoms with E-state index in [1.54, 1.807) is 12.1 Å². The van der Waals surface area contributed by atoms with E-state index in [2.05, 4.69) is 6.92 Å². The van der Waals surface area contributed by atoms with E-state index in [0.717, 1.165) is 32.1 Å². The Labute approximate surface area is 189 Å². The molecule has 0 heterocycles. The molecule has 0 aliphatic carbocycles. The zero-order chi connectivity index (χ0) is 22.9. The number of hydrogen-bond acceptors (Lipinski definition) is 7. The van der Waals surface area contributed by atoms with Crippen molar-refractivity contribution in [3.63, 3.8) is 0 Å². The number of nitrogens with zero attached hydrogens (tertiary/aromatic N) is 2. The van der Waals surface area contributed by atoms with Crippen LogP contribution in [0.3, 0.4) is 0 Å². The van der Waals surface area contributed by atoms with E-state index in [1.807, 2.05) is 0 Å². The Morgan fingerprint density at radius 2 is 1.32 bits per heavy atom. The van der Waals surface area contributed by atoms with Gasteiger partial charge in [-0.05, 0) is 21.1 Å². The van der Waals surface area contributed by atoms with Crippen molar-refractivity contribution in [2.24, 2.45) is 0 Å². The minimum Gasteiger partial charge on any atom is -0.258 e. The van der Waals surface area contributed by atoms with Crippen molar-refractivity contribution < 1.29 is 41.0 Å². The molecule has 2 aromatic carbocycles. The van der Waals surface area contributed by atoms with Crippen LogP contribution in [0.15, 0.2) is 48.5 Å². The van der Waals surface area contributed by atoms with Gasteiger partial charge in [-0.1, -0.05) is 51.2 Å². The van der Waals surface area contributed by atoms with Crippen LogP contribution in [0.25, 0.3) is 0 Å². The third-order valence-corrected chi connectivity index (χ3v) is 11.8. The molecule has 0 N–H and O–H groups in total. The van der Waals surface area contributed by atoms with Crippen molar-refractivity contribution >= 4 is 21.5 Å². The highest BCUT2D eigenvalue weighted by Crippen LogP contribution is 2.11. The summed E-state index contributed by atoms with van der Waals surface area (Å²) in [6, 6.07) is 11.2. The number of hydrogen-bond donors (Lipinski definition) is 0. The van der Waals surface area contributed by atoms with Crippen molar-refractivity contribution in [3.8, 4) is 0 Å². The topological polar surface area (TPSA) is 130 Å². The maximum Gasteiger partial charge on any atom is 0.324 e. The van der Waals surface area contributed by atoms with Gasteiger partial charge >= 0.3 is 30.4 Å². The average molecular weight is 564 g/mol. The summed E-state index contributed by atoms with van der Waals surface area (Å²) in [4.78, 5) is 21.2. The van der Waals surface area contributed by atoms with E-state index >= 15 is 0 Å². The molecule has 0 amide bonds. The first-order valence-corrected chi connectivity index (χ1v) is 14.5. The van der Waals surface area contributed by atoms with Crippen LogP contribution < -0.4 is 20.2 Å². The van der Waals surface area contributed by atoms with E-state index in [-0.39, 0.29) is 17.1 Å². The van der Waals surface area contributed by atoms with Crippen LogP contribution in [0.2, 0.25) is 0 Å². The molecule has 2 rings (SSSR count). The zero-order valence-electron chi connectivity index (χ0n) is 17.1. The standard InChI is InChI=1S/C20H25IN2O7S/c1-2-3-4-5-6-7-14-31(28,29)30-21(17-10-8-12-19(15-17)22(24)25)18-11-9-13-20(16-18)23(26)27/h8-13,15-16H,2-7,14H2,1H3/q+1. The Morgan fingerprint density at radius 1 is 0.839 bits per heavy atom. The lowest BCUT2D eigenvalue weighted by Gasteiger charge is -2.06. The zero-order valence-corrected chi connectivity index (χ0v) is 20.1. The normalized spacial score (nSPS) is 11.5. The van der Waals surface area contributed by atoms with Gasteiger partial charge in [-0.15, -0.1) is 0 Å². The first kappa shape index (κ1) is 25.1. The summed E-state index contributed by atoms with van der Waals surface area (Å²) in [5.74, 6) is -0.156. The van der Waals surface area contributed by atoms with Gasteiger partial charge in [-0.2, -0.15) is 8.42 Å². The summed E-state index contributed by atoms with van der Waals surface area (Å²) >= 11 is -3.20. The molecule has 11 heteroatoms. The van der Waals surface area contributed by atoms with E-state index in [9.17, 15) is 28.6 Å². The lowest BCUT2D eigenvalue weighted by Crippen LogP contribution is -3.85. The van der Waals surface area contributed by atoms with E-state index < -0.39 is 40.2 Å². The van der Waals surface area contributed by atoms with Gasteiger partial charge < -0.3 is 0 Å². The van der Waals surface area contributed by atoms with Gasteiger partial charge in [0.2, 0.25) is 0 Å². The highest BCUT2D eigenvalue weighted by molar-refractivity contribution is 7.86. The highest BCUT2D eigenvalue weighted by Gasteiger charge is 2.38. The lowest BCUT2D eigenvalue weighted by molar-refractivity contribution is -1.03. The molecule has 0 bridgehead atoms. The second kappa shape index (κ2) is 12.1. The van der Waals surface area contributed by atoms with Crippen LogP contribution in [0, 0.1) is 27.4 Å². The summed E-state index contributed by atoms with van der Waals surface area (Å²) in [5, 5.41) is 22.3. The van der Waals surface area contributed by atoms with E-state index in [4.69, 9.17) is 2.51 Å². The van der Waals surface area contributed by atoms with Crippen LogP contribution in [-0.4, -0.2) is 24.0 Å². The summed E-state index contributed by atoms with van der Waals surface area (Å²) in [7, 11) is -3.91. The molecule has 0 saturated carbocycles. The average Bonchev–Trinajstić information content (AvgIpc) is 2.74. The highest BCUT2D eigenvalue weighted by atomic mass is 127. The quantitative estimate of drug-likeness (QED) is 0.157. The predicted octanol–water partition coefficient (Wildman–Crippen LogP) is 1.79. The van der Waals surface area contributed by atoms with Crippen LogP contribution in [0.1, 0.15) is 45.4 Å². The molecule has 169 valence electrons. The molecule has 9 nitrogen and oxygen atoms in total. The number of nitro benzene ring substituents is 2. The fraction of sp³-hybridized carbons (Fsp3) is 0.400. The monoisotopic (exact) mass is 564 g/mol. The lowest BCUT2D eigenvalue weighted by atomic mass is 10.1. The fourth-order valence-corrected chi connectivity index (χ4v) is 10.2. The number of rotatable bonds is 13. The van der Waals surface area contributed by atoms with Crippen LogP contribution in [0.5, 0.6) is 0 Å². The molecule has 2 aromatic rings. The van der Waals surface area contributed by atoms with Crippen molar-refractivity contribution in [1.82, 2.24) is 0 Å². The second-order valence-corrected chi connectivity index (χ2v) is 13.5. The molecule has 0 spiro atoms. The molecule has 31 heavy (non-hydrogen) atoms. The molecule has 0 fully saturated rings. The molecular formula is C20H25IN2O7S+. The maximum atomic E-state index is 12.7. The number of benzene rings is 2. The third-order valence-electron chi connectivity index (χ3n) is 4.34. The van der Waals surface area contributed by atoms with Crippen LogP contribution in [0.4, 0.5) is 11.4 Å². The number of non-ortho nitro benzene ring substituents is 2. The van der Waals surface area contributed by atoms with Crippen LogP contribution in [-0.2, 0) is 12.6 Å². The van der Waals surface area contributed by atoms with Gasteiger partial charge in [0.05, 0.1) is 27.7 Å². The number of unbranched alkanes of at least 4 members (excludes halogenated alkanes) is 5. The van der Waals surface area contributed by atoms with Gasteiger partial charge in [-0.25, -0.2) is 0 Å². The Kier molecular flexibility index (Phi) is 9.78. The SMILES string of the molecule is CCCCCCCCS(=O)(=O)O[I+](c1cccc([N+](=O)[O-])c1)c1cccc([N+](=O)[O-])c1. The van der Waals surface area contributed by atoms with E-state index in [1.165, 1.54) is 36.4 Å². The van der Waals surface area contributed by atoms with Crippen molar-refractivity contribution in [3.05, 3.63) is 75.9 Å². The first-order chi connectivity index (χ1) is 14.7. The largest absolute Gasteiger partial charge is 0.324 e. The number of nitro groups is 2. The molecule has 0 atom stereocenters. The first-order valence-electron chi connectivity index (χ1n) is 9.85.